The van der Waals surface area contributed by atoms with Crippen LogP contribution in [0.2, 0.25) is 0 Å². The summed E-state index contributed by atoms with van der Waals surface area (Å²) in [6, 6.07) is 6.67. The number of carboxylic acids is 1. The molecule has 0 amide bonds. The standard InChI is InChI=1S/C18H16N2O3S/c21-17-15-13-6-1-2-7-14(13)24-16(15)19-10-20(17)9-11-4-3-5-12(8-11)18(22)23/h3-5,8,10H,1-2,6-7,9H2,(H,22,23). The highest BCUT2D eigenvalue weighted by molar-refractivity contribution is 7.18. The maximum absolute atomic E-state index is 12.9. The van der Waals surface area contributed by atoms with E-state index in [-0.39, 0.29) is 11.1 Å². The number of fused-ring (bicyclic) bond motifs is 3. The summed E-state index contributed by atoms with van der Waals surface area (Å²) in [6.07, 6.45) is 5.85. The molecule has 2 heterocycles. The minimum absolute atomic E-state index is 0.0277. The first kappa shape index (κ1) is 15.1. The molecule has 0 radical (unpaired) electrons. The van der Waals surface area contributed by atoms with E-state index in [0.29, 0.717) is 6.54 Å². The molecule has 1 aliphatic rings. The molecule has 0 atom stereocenters. The number of hydrogen-bond donors (Lipinski definition) is 1. The van der Waals surface area contributed by atoms with Crippen molar-refractivity contribution in [2.24, 2.45) is 0 Å². The summed E-state index contributed by atoms with van der Waals surface area (Å²) >= 11 is 1.63. The van der Waals surface area contributed by atoms with E-state index in [1.54, 1.807) is 40.4 Å². The Morgan fingerprint density at radius 2 is 2.12 bits per heavy atom. The highest BCUT2D eigenvalue weighted by Crippen LogP contribution is 2.33. The molecule has 0 bridgehead atoms. The highest BCUT2D eigenvalue weighted by Gasteiger charge is 2.20. The fourth-order valence-corrected chi connectivity index (χ4v) is 4.51. The van der Waals surface area contributed by atoms with Crippen molar-refractivity contribution >= 4 is 27.5 Å². The molecule has 0 aliphatic heterocycles. The Labute approximate surface area is 142 Å². The molecular weight excluding hydrogens is 324 g/mol. The Kier molecular flexibility index (Phi) is 3.69. The largest absolute Gasteiger partial charge is 0.478 e. The van der Waals surface area contributed by atoms with Crippen molar-refractivity contribution in [2.45, 2.75) is 32.2 Å². The molecular formula is C18H16N2O3S. The third kappa shape index (κ3) is 2.53. The first-order valence-electron chi connectivity index (χ1n) is 7.95. The van der Waals surface area contributed by atoms with E-state index in [1.807, 2.05) is 6.07 Å². The summed E-state index contributed by atoms with van der Waals surface area (Å²) in [7, 11) is 0. The van der Waals surface area contributed by atoms with Crippen molar-refractivity contribution in [2.75, 3.05) is 0 Å². The van der Waals surface area contributed by atoms with E-state index in [0.717, 1.165) is 35.0 Å². The van der Waals surface area contributed by atoms with Crippen molar-refractivity contribution in [1.82, 2.24) is 9.55 Å². The zero-order valence-electron chi connectivity index (χ0n) is 13.0. The molecule has 0 saturated heterocycles. The van der Waals surface area contributed by atoms with E-state index >= 15 is 0 Å². The van der Waals surface area contributed by atoms with Gasteiger partial charge in [0.25, 0.3) is 5.56 Å². The van der Waals surface area contributed by atoms with Gasteiger partial charge in [-0.05, 0) is 48.9 Å². The van der Waals surface area contributed by atoms with Crippen LogP contribution >= 0.6 is 11.3 Å². The van der Waals surface area contributed by atoms with E-state index in [9.17, 15) is 9.59 Å². The first-order chi connectivity index (χ1) is 11.6. The second kappa shape index (κ2) is 5.87. The molecule has 1 aliphatic carbocycles. The predicted molar refractivity (Wildman–Crippen MR) is 93.0 cm³/mol. The van der Waals surface area contributed by atoms with Crippen LogP contribution < -0.4 is 5.56 Å². The molecule has 4 rings (SSSR count). The van der Waals surface area contributed by atoms with Gasteiger partial charge in [0.15, 0.2) is 0 Å². The number of rotatable bonds is 3. The molecule has 122 valence electrons. The number of benzene rings is 1. The minimum Gasteiger partial charge on any atom is -0.478 e. The smallest absolute Gasteiger partial charge is 0.335 e. The molecule has 24 heavy (non-hydrogen) atoms. The molecule has 0 fully saturated rings. The van der Waals surface area contributed by atoms with Crippen molar-refractivity contribution in [3.8, 4) is 0 Å². The topological polar surface area (TPSA) is 72.2 Å². The van der Waals surface area contributed by atoms with Crippen molar-refractivity contribution in [3.63, 3.8) is 0 Å². The van der Waals surface area contributed by atoms with Crippen molar-refractivity contribution < 1.29 is 9.90 Å². The van der Waals surface area contributed by atoms with Gasteiger partial charge in [0, 0.05) is 4.88 Å². The van der Waals surface area contributed by atoms with Gasteiger partial charge in [-0.25, -0.2) is 9.78 Å². The second-order valence-corrected chi connectivity index (χ2v) is 7.16. The molecule has 6 heteroatoms. The van der Waals surface area contributed by atoms with Gasteiger partial charge in [0.2, 0.25) is 0 Å². The number of hydrogen-bond acceptors (Lipinski definition) is 4. The summed E-state index contributed by atoms with van der Waals surface area (Å²) in [6.45, 7) is 0.327. The van der Waals surface area contributed by atoms with E-state index in [2.05, 4.69) is 4.98 Å². The first-order valence-corrected chi connectivity index (χ1v) is 8.77. The summed E-state index contributed by atoms with van der Waals surface area (Å²) in [5.41, 5.74) is 2.15. The Balaban J connectivity index is 1.78. The molecule has 5 nitrogen and oxygen atoms in total. The Bertz CT molecular complexity index is 1000. The van der Waals surface area contributed by atoms with Gasteiger partial charge < -0.3 is 5.11 Å². The van der Waals surface area contributed by atoms with Gasteiger partial charge in [0.1, 0.15) is 4.83 Å². The van der Waals surface area contributed by atoms with Gasteiger partial charge in [-0.3, -0.25) is 9.36 Å². The molecule has 1 N–H and O–H groups in total. The number of nitrogens with zero attached hydrogens (tertiary/aromatic N) is 2. The van der Waals surface area contributed by atoms with Gasteiger partial charge in [-0.1, -0.05) is 12.1 Å². The van der Waals surface area contributed by atoms with Crippen LogP contribution in [0.4, 0.5) is 0 Å². The van der Waals surface area contributed by atoms with E-state index in [4.69, 9.17) is 5.11 Å². The Morgan fingerprint density at radius 1 is 1.29 bits per heavy atom. The lowest BCUT2D eigenvalue weighted by Gasteiger charge is -2.10. The van der Waals surface area contributed by atoms with Crippen LogP contribution in [-0.4, -0.2) is 20.6 Å². The van der Waals surface area contributed by atoms with Gasteiger partial charge in [0.05, 0.1) is 23.8 Å². The predicted octanol–water partition coefficient (Wildman–Crippen LogP) is 3.08. The number of thiophene rings is 1. The van der Waals surface area contributed by atoms with Crippen LogP contribution in [0.25, 0.3) is 10.2 Å². The fourth-order valence-electron chi connectivity index (χ4n) is 3.29. The van der Waals surface area contributed by atoms with Gasteiger partial charge >= 0.3 is 5.97 Å². The van der Waals surface area contributed by atoms with Crippen LogP contribution in [0.15, 0.2) is 35.4 Å². The summed E-state index contributed by atoms with van der Waals surface area (Å²) in [4.78, 5) is 30.6. The third-order valence-electron chi connectivity index (χ3n) is 4.47. The lowest BCUT2D eigenvalue weighted by molar-refractivity contribution is 0.0696. The number of aromatic nitrogens is 2. The zero-order valence-corrected chi connectivity index (χ0v) is 13.8. The number of aryl methyl sites for hydroxylation is 2. The van der Waals surface area contributed by atoms with Crippen molar-refractivity contribution in [3.05, 3.63) is 62.5 Å². The Morgan fingerprint density at radius 3 is 2.96 bits per heavy atom. The van der Waals surface area contributed by atoms with E-state index in [1.165, 1.54) is 16.9 Å². The molecule has 0 unspecified atom stereocenters. The van der Waals surface area contributed by atoms with Crippen LogP contribution in [0.5, 0.6) is 0 Å². The van der Waals surface area contributed by atoms with Crippen LogP contribution in [-0.2, 0) is 19.4 Å². The van der Waals surface area contributed by atoms with E-state index < -0.39 is 5.97 Å². The number of aromatic carboxylic acids is 1. The summed E-state index contributed by atoms with van der Waals surface area (Å²) in [5.74, 6) is -0.968. The van der Waals surface area contributed by atoms with Crippen LogP contribution in [0, 0.1) is 0 Å². The van der Waals surface area contributed by atoms with Gasteiger partial charge in [-0.2, -0.15) is 0 Å². The SMILES string of the molecule is O=C(O)c1cccc(Cn2cnc3sc4c(c3c2=O)CCCC4)c1. The molecule has 3 aromatic rings. The lowest BCUT2D eigenvalue weighted by atomic mass is 9.97. The van der Waals surface area contributed by atoms with Gasteiger partial charge in [-0.15, -0.1) is 11.3 Å². The maximum Gasteiger partial charge on any atom is 0.335 e. The summed E-state index contributed by atoms with van der Waals surface area (Å²) in [5, 5.41) is 9.85. The molecule has 2 aromatic heterocycles. The summed E-state index contributed by atoms with van der Waals surface area (Å²) < 4.78 is 1.57. The second-order valence-electron chi connectivity index (χ2n) is 6.07. The molecule has 0 saturated carbocycles. The highest BCUT2D eigenvalue weighted by atomic mass is 32.1. The molecule has 1 aromatic carbocycles. The fraction of sp³-hybridized carbons (Fsp3) is 0.278. The minimum atomic E-state index is -0.968. The maximum atomic E-state index is 12.9. The lowest BCUT2D eigenvalue weighted by Crippen LogP contribution is -2.21. The third-order valence-corrected chi connectivity index (χ3v) is 5.67. The number of carboxylic acid groups (broad SMARTS) is 1. The molecule has 0 spiro atoms. The number of carbonyl (C=O) groups is 1. The zero-order chi connectivity index (χ0) is 16.7. The average Bonchev–Trinajstić information content (AvgIpc) is 2.97. The average molecular weight is 340 g/mol. The Hall–Kier alpha value is -2.47. The normalized spacial score (nSPS) is 13.8. The quantitative estimate of drug-likeness (QED) is 0.795. The monoisotopic (exact) mass is 340 g/mol. The van der Waals surface area contributed by atoms with Crippen molar-refractivity contribution in [1.29, 1.82) is 0 Å². The van der Waals surface area contributed by atoms with Crippen LogP contribution in [0.3, 0.4) is 0 Å². The van der Waals surface area contributed by atoms with Crippen LogP contribution in [0.1, 0.15) is 39.2 Å².